The molecule has 13 heteroatoms. The molecule has 1 saturated heterocycles. The van der Waals surface area contributed by atoms with Crippen LogP contribution in [0.5, 0.6) is 11.5 Å². The summed E-state index contributed by atoms with van der Waals surface area (Å²) in [6.07, 6.45) is -9.42. The van der Waals surface area contributed by atoms with Gasteiger partial charge in [-0.25, -0.2) is 4.79 Å². The molecule has 2 unspecified atom stereocenters. The van der Waals surface area contributed by atoms with Crippen LogP contribution in [0.15, 0.2) is 36.4 Å². The predicted molar refractivity (Wildman–Crippen MR) is 160 cm³/mol. The minimum Gasteiger partial charge on any atom is -0.493 e. The molecule has 2 N–H and O–H groups in total. The maximum absolute atomic E-state index is 13.6. The van der Waals surface area contributed by atoms with E-state index in [1.165, 1.54) is 0 Å². The summed E-state index contributed by atoms with van der Waals surface area (Å²) < 4.78 is 93.6. The number of benzene rings is 2. The number of hydrogen-bond acceptors (Lipinski definition) is 5. The Kier molecular flexibility index (Phi) is 11.7. The van der Waals surface area contributed by atoms with Gasteiger partial charge in [0.25, 0.3) is 11.5 Å². The number of unbranched alkanes of at least 4 members (excludes halogenated alkanes) is 1. The third-order valence-corrected chi connectivity index (χ3v) is 8.16. The normalized spacial score (nSPS) is 18.1. The standard InChI is InChI=1S/C33H42F6N2O5/c1-6-11-22-19-25(31(44,32(34,35)36)33(37,38)39)20-23(12-7-2)27(22)45-18-10-9-17-41-28(42)30(5,40-29(41)43)24-13-15-26(16-14-24)46-21(4)8-3/h13-16,19-21,44H,6-12,17-18H2,1-5H3,(H,40,43). The molecule has 1 fully saturated rings. The second-order valence-electron chi connectivity index (χ2n) is 11.8. The Balaban J connectivity index is 1.72. The van der Waals surface area contributed by atoms with Gasteiger partial charge in [0.1, 0.15) is 17.0 Å². The van der Waals surface area contributed by atoms with Crippen LogP contribution in [-0.4, -0.2) is 53.6 Å². The van der Waals surface area contributed by atoms with Crippen LogP contribution in [-0.2, 0) is 28.8 Å². The number of nitrogens with zero attached hydrogens (tertiary/aromatic N) is 1. The Hall–Kier alpha value is -3.48. The van der Waals surface area contributed by atoms with Crippen molar-refractivity contribution < 1.29 is 50.5 Å². The fourth-order valence-electron chi connectivity index (χ4n) is 5.37. The van der Waals surface area contributed by atoms with Gasteiger partial charge in [0.05, 0.1) is 12.7 Å². The van der Waals surface area contributed by atoms with Crippen molar-refractivity contribution >= 4 is 11.9 Å². The molecule has 0 spiro atoms. The van der Waals surface area contributed by atoms with Crippen LogP contribution >= 0.6 is 0 Å². The van der Waals surface area contributed by atoms with Crippen molar-refractivity contribution in [2.75, 3.05) is 13.2 Å². The minimum absolute atomic E-state index is 0.0216. The monoisotopic (exact) mass is 660 g/mol. The molecule has 0 aliphatic carbocycles. The Bertz CT molecular complexity index is 1320. The zero-order valence-electron chi connectivity index (χ0n) is 26.7. The summed E-state index contributed by atoms with van der Waals surface area (Å²) in [5.74, 6) is 0.398. The molecule has 7 nitrogen and oxygen atoms in total. The SMILES string of the molecule is CCCc1cc(C(O)(C(F)(F)F)C(F)(F)F)cc(CCC)c1OCCCCN1C(=O)NC(C)(c2ccc(OC(C)CC)cc2)C1=O. The number of urea groups is 1. The van der Waals surface area contributed by atoms with Gasteiger partial charge in [-0.3, -0.25) is 9.69 Å². The van der Waals surface area contributed by atoms with E-state index in [0.717, 1.165) is 23.5 Å². The second kappa shape index (κ2) is 14.5. The Labute approximate surface area is 265 Å². The van der Waals surface area contributed by atoms with Crippen molar-refractivity contribution in [3.63, 3.8) is 0 Å². The second-order valence-corrected chi connectivity index (χ2v) is 11.8. The molecule has 0 bridgehead atoms. The number of amides is 3. The van der Waals surface area contributed by atoms with Crippen LogP contribution in [0.3, 0.4) is 0 Å². The lowest BCUT2D eigenvalue weighted by molar-refractivity contribution is -0.376. The summed E-state index contributed by atoms with van der Waals surface area (Å²) in [5, 5.41) is 12.8. The van der Waals surface area contributed by atoms with E-state index in [4.69, 9.17) is 9.47 Å². The molecule has 3 amide bonds. The molecule has 3 rings (SSSR count). The van der Waals surface area contributed by atoms with E-state index >= 15 is 0 Å². The molecule has 1 aliphatic heterocycles. The van der Waals surface area contributed by atoms with Crippen molar-refractivity contribution in [2.45, 2.75) is 109 Å². The van der Waals surface area contributed by atoms with E-state index in [2.05, 4.69) is 5.32 Å². The third kappa shape index (κ3) is 7.56. The maximum atomic E-state index is 13.6. The van der Waals surface area contributed by atoms with E-state index in [-0.39, 0.29) is 49.0 Å². The molecule has 2 aromatic rings. The van der Waals surface area contributed by atoms with Crippen molar-refractivity contribution in [3.05, 3.63) is 58.7 Å². The summed E-state index contributed by atoms with van der Waals surface area (Å²) in [7, 11) is 0. The van der Waals surface area contributed by atoms with Crippen LogP contribution in [0, 0.1) is 0 Å². The molecule has 46 heavy (non-hydrogen) atoms. The van der Waals surface area contributed by atoms with E-state index in [0.29, 0.717) is 37.0 Å². The summed E-state index contributed by atoms with van der Waals surface area (Å²) in [5.41, 5.74) is -6.77. The third-order valence-electron chi connectivity index (χ3n) is 8.16. The van der Waals surface area contributed by atoms with Gasteiger partial charge < -0.3 is 19.9 Å². The maximum Gasteiger partial charge on any atom is 0.430 e. The Morgan fingerprint density at radius 1 is 0.913 bits per heavy atom. The van der Waals surface area contributed by atoms with Gasteiger partial charge >= 0.3 is 18.4 Å². The highest BCUT2D eigenvalue weighted by atomic mass is 19.4. The highest BCUT2D eigenvalue weighted by molar-refractivity contribution is 6.07. The molecule has 0 saturated carbocycles. The van der Waals surface area contributed by atoms with E-state index in [9.17, 15) is 41.0 Å². The topological polar surface area (TPSA) is 88.1 Å². The quantitative estimate of drug-likeness (QED) is 0.116. The average molecular weight is 661 g/mol. The highest BCUT2D eigenvalue weighted by Crippen LogP contribution is 2.51. The van der Waals surface area contributed by atoms with Crippen LogP contribution in [0.4, 0.5) is 31.1 Å². The van der Waals surface area contributed by atoms with Crippen molar-refractivity contribution in [3.8, 4) is 11.5 Å². The summed E-state index contributed by atoms with van der Waals surface area (Å²) in [6.45, 7) is 9.11. The van der Waals surface area contributed by atoms with Gasteiger partial charge in [0.15, 0.2) is 0 Å². The lowest BCUT2D eigenvalue weighted by Gasteiger charge is -2.33. The number of ether oxygens (including phenoxy) is 2. The molecule has 1 heterocycles. The summed E-state index contributed by atoms with van der Waals surface area (Å²) >= 11 is 0. The van der Waals surface area contributed by atoms with Crippen LogP contribution in [0.2, 0.25) is 0 Å². The van der Waals surface area contributed by atoms with Crippen LogP contribution in [0.25, 0.3) is 0 Å². The van der Waals surface area contributed by atoms with E-state index in [1.807, 2.05) is 13.8 Å². The van der Waals surface area contributed by atoms with Gasteiger partial charge in [-0.15, -0.1) is 0 Å². The Morgan fingerprint density at radius 2 is 1.46 bits per heavy atom. The molecular formula is C33H42F6N2O5. The van der Waals surface area contributed by atoms with Gasteiger partial charge in [-0.1, -0.05) is 45.7 Å². The first-order valence-corrected chi connectivity index (χ1v) is 15.5. The molecule has 256 valence electrons. The minimum atomic E-state index is -6.00. The van der Waals surface area contributed by atoms with Gasteiger partial charge in [-0.2, -0.15) is 26.3 Å². The van der Waals surface area contributed by atoms with E-state index in [1.54, 1.807) is 45.0 Å². The van der Waals surface area contributed by atoms with Crippen molar-refractivity contribution in [2.24, 2.45) is 0 Å². The van der Waals surface area contributed by atoms with Crippen molar-refractivity contribution in [1.29, 1.82) is 0 Å². The lowest BCUT2D eigenvalue weighted by Crippen LogP contribution is -2.54. The number of carbonyl (C=O) groups excluding carboxylic acids is 2. The molecule has 2 aromatic carbocycles. The summed E-state index contributed by atoms with van der Waals surface area (Å²) in [4.78, 5) is 27.2. The predicted octanol–water partition coefficient (Wildman–Crippen LogP) is 7.71. The molecule has 0 aromatic heterocycles. The molecular weight excluding hydrogens is 618 g/mol. The zero-order chi connectivity index (χ0) is 34.5. The van der Waals surface area contributed by atoms with Gasteiger partial charge in [0.2, 0.25) is 0 Å². The van der Waals surface area contributed by atoms with E-state index < -0.39 is 41.0 Å². The first-order valence-electron chi connectivity index (χ1n) is 15.5. The summed E-state index contributed by atoms with van der Waals surface area (Å²) in [6, 6.07) is 7.82. The number of imide groups is 1. The smallest absolute Gasteiger partial charge is 0.430 e. The van der Waals surface area contributed by atoms with Gasteiger partial charge in [-0.05, 0) is 86.9 Å². The first-order chi connectivity index (χ1) is 21.4. The van der Waals surface area contributed by atoms with Crippen molar-refractivity contribution in [1.82, 2.24) is 10.2 Å². The number of halogens is 6. The Morgan fingerprint density at radius 3 is 1.93 bits per heavy atom. The largest absolute Gasteiger partial charge is 0.493 e. The number of carbonyl (C=O) groups is 2. The fourth-order valence-corrected chi connectivity index (χ4v) is 5.37. The number of alkyl halides is 6. The number of aliphatic hydroxyl groups is 1. The number of aryl methyl sites for hydroxylation is 2. The molecule has 1 aliphatic rings. The first kappa shape index (κ1) is 37.0. The van der Waals surface area contributed by atoms with Crippen LogP contribution in [0.1, 0.15) is 89.0 Å². The zero-order valence-corrected chi connectivity index (χ0v) is 26.7. The molecule has 2 atom stereocenters. The average Bonchev–Trinajstić information content (AvgIpc) is 3.20. The number of rotatable bonds is 15. The van der Waals surface area contributed by atoms with Crippen LogP contribution < -0.4 is 14.8 Å². The number of nitrogens with one attached hydrogen (secondary N) is 1. The highest BCUT2D eigenvalue weighted by Gasteiger charge is 2.71. The molecule has 0 radical (unpaired) electrons. The van der Waals surface area contributed by atoms with Gasteiger partial charge in [0, 0.05) is 12.1 Å². The number of hydrogen-bond donors (Lipinski definition) is 2. The lowest BCUT2D eigenvalue weighted by atomic mass is 9.87. The fraction of sp³-hybridized carbons (Fsp3) is 0.576.